The van der Waals surface area contributed by atoms with Crippen molar-refractivity contribution in [2.24, 2.45) is 0 Å². The quantitative estimate of drug-likeness (QED) is 0.823. The monoisotopic (exact) mass is 350 g/mol. The van der Waals surface area contributed by atoms with Gasteiger partial charge in [0.05, 0.1) is 18.8 Å². The first kappa shape index (κ1) is 18.8. The van der Waals surface area contributed by atoms with Crippen molar-refractivity contribution in [2.45, 2.75) is 52.8 Å². The van der Waals surface area contributed by atoms with Crippen molar-refractivity contribution in [2.75, 3.05) is 6.54 Å². The summed E-state index contributed by atoms with van der Waals surface area (Å²) < 4.78 is 18.3. The average Bonchev–Trinajstić information content (AvgIpc) is 2.95. The van der Waals surface area contributed by atoms with Gasteiger partial charge in [0.1, 0.15) is 17.1 Å². The SMILES string of the molecule is CCN(C(=O)OC(C)(C)C)[C@@H](C)Cn1nnc(-c2ccc(F)cn2)n1. The van der Waals surface area contributed by atoms with E-state index in [4.69, 9.17) is 4.74 Å². The van der Waals surface area contributed by atoms with E-state index in [2.05, 4.69) is 20.4 Å². The third-order valence-corrected chi connectivity index (χ3v) is 3.34. The number of pyridine rings is 1. The normalized spacial score (nSPS) is 12.7. The molecule has 2 rings (SSSR count). The smallest absolute Gasteiger partial charge is 0.410 e. The lowest BCUT2D eigenvalue weighted by atomic mass is 10.2. The number of hydrogen-bond acceptors (Lipinski definition) is 6. The second-order valence-electron chi connectivity index (χ2n) is 6.64. The van der Waals surface area contributed by atoms with Gasteiger partial charge in [0.2, 0.25) is 5.82 Å². The minimum atomic E-state index is -0.558. The fourth-order valence-corrected chi connectivity index (χ4v) is 2.21. The molecule has 0 radical (unpaired) electrons. The molecule has 2 heterocycles. The van der Waals surface area contributed by atoms with Gasteiger partial charge in [-0.05, 0) is 52.0 Å². The maximum absolute atomic E-state index is 12.9. The van der Waals surface area contributed by atoms with Gasteiger partial charge in [-0.15, -0.1) is 10.2 Å². The Morgan fingerprint density at radius 2 is 2.12 bits per heavy atom. The van der Waals surface area contributed by atoms with Crippen LogP contribution in [0, 0.1) is 5.82 Å². The molecule has 0 saturated carbocycles. The first-order valence-electron chi connectivity index (χ1n) is 8.09. The van der Waals surface area contributed by atoms with E-state index in [0.717, 1.165) is 6.20 Å². The standard InChI is InChI=1S/C16H23FN6O2/c1-6-22(15(24)25-16(3,4)5)11(2)10-23-20-14(19-21-23)13-8-7-12(17)9-18-13/h7-9,11H,6,10H2,1-5H3/t11-/m0/s1. The average molecular weight is 350 g/mol. The van der Waals surface area contributed by atoms with Crippen LogP contribution in [-0.2, 0) is 11.3 Å². The Balaban J connectivity index is 2.05. The minimum Gasteiger partial charge on any atom is -0.444 e. The number of nitrogens with zero attached hydrogens (tertiary/aromatic N) is 6. The fourth-order valence-electron chi connectivity index (χ4n) is 2.21. The molecule has 136 valence electrons. The molecule has 2 aromatic heterocycles. The van der Waals surface area contributed by atoms with Gasteiger partial charge in [-0.2, -0.15) is 4.80 Å². The van der Waals surface area contributed by atoms with E-state index in [0.29, 0.717) is 24.6 Å². The largest absolute Gasteiger partial charge is 0.444 e. The Kier molecular flexibility index (Phi) is 5.66. The Labute approximate surface area is 146 Å². The van der Waals surface area contributed by atoms with Crippen molar-refractivity contribution in [3.63, 3.8) is 0 Å². The van der Waals surface area contributed by atoms with Crippen LogP contribution >= 0.6 is 0 Å². The van der Waals surface area contributed by atoms with Crippen LogP contribution in [0.2, 0.25) is 0 Å². The Bertz CT molecular complexity index is 710. The maximum atomic E-state index is 12.9. The summed E-state index contributed by atoms with van der Waals surface area (Å²) in [5, 5.41) is 12.1. The highest BCUT2D eigenvalue weighted by atomic mass is 19.1. The van der Waals surface area contributed by atoms with Crippen LogP contribution in [0.25, 0.3) is 11.5 Å². The highest BCUT2D eigenvalue weighted by Gasteiger charge is 2.25. The van der Waals surface area contributed by atoms with Gasteiger partial charge < -0.3 is 9.64 Å². The molecule has 9 heteroatoms. The van der Waals surface area contributed by atoms with E-state index < -0.39 is 11.4 Å². The fraction of sp³-hybridized carbons (Fsp3) is 0.562. The van der Waals surface area contributed by atoms with Crippen LogP contribution in [0.4, 0.5) is 9.18 Å². The summed E-state index contributed by atoms with van der Waals surface area (Å²) in [7, 11) is 0. The van der Waals surface area contributed by atoms with Gasteiger partial charge in [-0.1, -0.05) is 0 Å². The van der Waals surface area contributed by atoms with E-state index in [1.165, 1.54) is 16.9 Å². The number of hydrogen-bond donors (Lipinski definition) is 0. The topological polar surface area (TPSA) is 86.0 Å². The van der Waals surface area contributed by atoms with Gasteiger partial charge >= 0.3 is 6.09 Å². The summed E-state index contributed by atoms with van der Waals surface area (Å²) in [4.78, 5) is 19.2. The molecular weight excluding hydrogens is 327 g/mol. The van der Waals surface area contributed by atoms with Crippen LogP contribution in [-0.4, -0.2) is 54.4 Å². The van der Waals surface area contributed by atoms with Gasteiger partial charge in [0.25, 0.3) is 0 Å². The molecule has 0 saturated heterocycles. The highest BCUT2D eigenvalue weighted by Crippen LogP contribution is 2.13. The number of carbonyl (C=O) groups excluding carboxylic acids is 1. The third kappa shape index (κ3) is 5.20. The number of tetrazole rings is 1. The van der Waals surface area contributed by atoms with Crippen molar-refractivity contribution >= 4 is 6.09 Å². The molecule has 0 N–H and O–H groups in total. The van der Waals surface area contributed by atoms with E-state index in [-0.39, 0.29) is 12.1 Å². The van der Waals surface area contributed by atoms with E-state index in [9.17, 15) is 9.18 Å². The molecule has 0 spiro atoms. The van der Waals surface area contributed by atoms with Gasteiger partial charge in [0.15, 0.2) is 0 Å². The molecule has 0 aromatic carbocycles. The number of aromatic nitrogens is 5. The summed E-state index contributed by atoms with van der Waals surface area (Å²) in [6.07, 6.45) is 0.711. The molecule has 0 aliphatic rings. The maximum Gasteiger partial charge on any atom is 0.410 e. The Morgan fingerprint density at radius 3 is 2.68 bits per heavy atom. The Hall–Kier alpha value is -2.58. The van der Waals surface area contributed by atoms with Crippen LogP contribution < -0.4 is 0 Å². The molecule has 2 aromatic rings. The third-order valence-electron chi connectivity index (χ3n) is 3.34. The molecule has 0 aliphatic heterocycles. The molecular formula is C16H23FN6O2. The first-order valence-corrected chi connectivity index (χ1v) is 8.09. The molecule has 0 unspecified atom stereocenters. The van der Waals surface area contributed by atoms with Crippen LogP contribution in [0.1, 0.15) is 34.6 Å². The van der Waals surface area contributed by atoms with Crippen LogP contribution in [0.15, 0.2) is 18.3 Å². The van der Waals surface area contributed by atoms with Gasteiger partial charge in [0, 0.05) is 6.54 Å². The van der Waals surface area contributed by atoms with Crippen molar-refractivity contribution in [1.82, 2.24) is 30.1 Å². The molecule has 0 bridgehead atoms. The molecule has 0 fully saturated rings. The number of amides is 1. The summed E-state index contributed by atoms with van der Waals surface area (Å²) >= 11 is 0. The van der Waals surface area contributed by atoms with E-state index >= 15 is 0 Å². The summed E-state index contributed by atoms with van der Waals surface area (Å²) in [5.41, 5.74) is -0.128. The second-order valence-corrected chi connectivity index (χ2v) is 6.64. The van der Waals surface area contributed by atoms with Gasteiger partial charge in [-0.25, -0.2) is 14.2 Å². The molecule has 25 heavy (non-hydrogen) atoms. The van der Waals surface area contributed by atoms with Crippen molar-refractivity contribution in [3.8, 4) is 11.5 Å². The van der Waals surface area contributed by atoms with Crippen LogP contribution in [0.5, 0.6) is 0 Å². The second kappa shape index (κ2) is 7.54. The first-order chi connectivity index (χ1) is 11.7. The Morgan fingerprint density at radius 1 is 1.40 bits per heavy atom. The van der Waals surface area contributed by atoms with E-state index in [1.54, 1.807) is 4.90 Å². The molecule has 8 nitrogen and oxygen atoms in total. The highest BCUT2D eigenvalue weighted by molar-refractivity contribution is 5.68. The number of ether oxygens (including phenoxy) is 1. The lowest BCUT2D eigenvalue weighted by Crippen LogP contribution is -2.44. The zero-order valence-electron chi connectivity index (χ0n) is 15.1. The number of likely N-dealkylation sites (N-methyl/N-ethyl adjacent to an activating group) is 1. The molecule has 0 aliphatic carbocycles. The van der Waals surface area contributed by atoms with Crippen molar-refractivity contribution < 1.29 is 13.9 Å². The lowest BCUT2D eigenvalue weighted by molar-refractivity contribution is 0.0167. The number of rotatable bonds is 5. The van der Waals surface area contributed by atoms with Crippen molar-refractivity contribution in [1.29, 1.82) is 0 Å². The molecule has 1 atom stereocenters. The predicted molar refractivity (Wildman–Crippen MR) is 89.1 cm³/mol. The minimum absolute atomic E-state index is 0.192. The summed E-state index contributed by atoms with van der Waals surface area (Å²) in [6.45, 7) is 10.1. The predicted octanol–water partition coefficient (Wildman–Crippen LogP) is 2.52. The van der Waals surface area contributed by atoms with E-state index in [1.807, 2.05) is 34.6 Å². The zero-order valence-corrected chi connectivity index (χ0v) is 15.1. The molecule has 1 amide bonds. The van der Waals surface area contributed by atoms with Crippen LogP contribution in [0.3, 0.4) is 0 Å². The number of halogens is 1. The lowest BCUT2D eigenvalue weighted by Gasteiger charge is -2.30. The van der Waals surface area contributed by atoms with Gasteiger partial charge in [-0.3, -0.25) is 0 Å². The van der Waals surface area contributed by atoms with Crippen molar-refractivity contribution in [3.05, 3.63) is 24.1 Å². The number of carbonyl (C=O) groups is 1. The summed E-state index contributed by atoms with van der Waals surface area (Å²) in [6, 6.07) is 2.58. The summed E-state index contributed by atoms with van der Waals surface area (Å²) in [5.74, 6) is -0.131. The zero-order chi connectivity index (χ0) is 18.6.